The van der Waals surface area contributed by atoms with E-state index in [1.807, 2.05) is 0 Å². The molecular weight excluding hydrogens is 262 g/mol. The number of carboxylic acids is 1. The maximum absolute atomic E-state index is 11.5. The van der Waals surface area contributed by atoms with Crippen LogP contribution in [-0.4, -0.2) is 40.9 Å². The Labute approximate surface area is 116 Å². The molecule has 1 aromatic carbocycles. The highest BCUT2D eigenvalue weighted by Gasteiger charge is 2.14. The molecule has 0 aliphatic carbocycles. The Morgan fingerprint density at radius 2 is 1.90 bits per heavy atom. The van der Waals surface area contributed by atoms with Gasteiger partial charge in [0.15, 0.2) is 5.78 Å². The van der Waals surface area contributed by atoms with Crippen LogP contribution in [0.4, 0.5) is 0 Å². The molecule has 0 saturated heterocycles. The van der Waals surface area contributed by atoms with Crippen LogP contribution in [0.5, 0.6) is 5.75 Å². The van der Waals surface area contributed by atoms with Crippen molar-refractivity contribution in [3.8, 4) is 5.75 Å². The van der Waals surface area contributed by atoms with Gasteiger partial charge in [-0.15, -0.1) is 0 Å². The number of hydrogen-bond acceptors (Lipinski definition) is 5. The van der Waals surface area contributed by atoms with Crippen LogP contribution in [0.2, 0.25) is 0 Å². The molecule has 0 radical (unpaired) electrons. The monoisotopic (exact) mass is 279 g/mol. The Bertz CT molecular complexity index is 524. The maximum atomic E-state index is 11.5. The quantitative estimate of drug-likeness (QED) is 0.493. The van der Waals surface area contributed by atoms with E-state index < -0.39 is 5.97 Å². The first-order valence-electron chi connectivity index (χ1n) is 6.23. The number of nitrogens with one attached hydrogen (secondary N) is 1. The van der Waals surface area contributed by atoms with Crippen molar-refractivity contribution in [3.63, 3.8) is 0 Å². The number of aliphatic hydroxyl groups is 1. The van der Waals surface area contributed by atoms with E-state index in [9.17, 15) is 9.59 Å². The van der Waals surface area contributed by atoms with Crippen molar-refractivity contribution in [2.75, 3.05) is 13.2 Å². The summed E-state index contributed by atoms with van der Waals surface area (Å²) in [6.07, 6.45) is 0.592. The molecule has 3 N–H and O–H groups in total. The number of carboxylic acid groups (broad SMARTS) is 1. The molecule has 0 aliphatic heterocycles. The fraction of sp³-hybridized carbons (Fsp3) is 0.357. The van der Waals surface area contributed by atoms with Gasteiger partial charge in [0.05, 0.1) is 12.2 Å². The second kappa shape index (κ2) is 7.40. The average Bonchev–Trinajstić information content (AvgIpc) is 2.45. The summed E-state index contributed by atoms with van der Waals surface area (Å²) >= 11 is 0. The molecule has 0 heterocycles. The van der Waals surface area contributed by atoms with Crippen LogP contribution >= 0.6 is 0 Å². The molecule has 0 amide bonds. The Kier molecular flexibility index (Phi) is 5.86. The van der Waals surface area contributed by atoms with Gasteiger partial charge in [-0.3, -0.25) is 10.2 Å². The number of carbonyl (C=O) groups excluding carboxylic acids is 1. The van der Waals surface area contributed by atoms with Gasteiger partial charge >= 0.3 is 5.97 Å². The largest absolute Gasteiger partial charge is 0.493 e. The smallest absolute Gasteiger partial charge is 0.335 e. The lowest BCUT2D eigenvalue weighted by Gasteiger charge is -2.09. The minimum atomic E-state index is -1.16. The summed E-state index contributed by atoms with van der Waals surface area (Å²) in [6, 6.07) is 4.06. The van der Waals surface area contributed by atoms with E-state index in [2.05, 4.69) is 0 Å². The molecule has 6 heteroatoms. The summed E-state index contributed by atoms with van der Waals surface area (Å²) in [5.74, 6) is -1.26. The van der Waals surface area contributed by atoms with Crippen LogP contribution in [0.15, 0.2) is 18.2 Å². The second-order valence-electron chi connectivity index (χ2n) is 4.13. The fourth-order valence-corrected chi connectivity index (χ4v) is 1.54. The molecule has 0 spiro atoms. The third kappa shape index (κ3) is 4.17. The SMILES string of the molecule is CCC(=O)C(=N)c1cc(OCCCO)cc(C(=O)O)c1. The van der Waals surface area contributed by atoms with Crippen molar-refractivity contribution in [1.82, 2.24) is 0 Å². The van der Waals surface area contributed by atoms with E-state index >= 15 is 0 Å². The molecule has 0 aliphatic rings. The number of hydrogen-bond donors (Lipinski definition) is 3. The molecule has 0 unspecified atom stereocenters. The number of aromatic carboxylic acids is 1. The lowest BCUT2D eigenvalue weighted by atomic mass is 10.0. The molecule has 20 heavy (non-hydrogen) atoms. The molecule has 0 aromatic heterocycles. The van der Waals surface area contributed by atoms with E-state index in [1.165, 1.54) is 18.2 Å². The van der Waals surface area contributed by atoms with Gasteiger partial charge in [-0.2, -0.15) is 0 Å². The first kappa shape index (κ1) is 15.8. The van der Waals surface area contributed by atoms with Crippen LogP contribution in [-0.2, 0) is 4.79 Å². The predicted molar refractivity (Wildman–Crippen MR) is 72.7 cm³/mol. The number of Topliss-reactive ketones (excluding diaryl/α,β-unsaturated/α-hetero) is 1. The molecular formula is C14H17NO5. The topological polar surface area (TPSA) is 108 Å². The van der Waals surface area contributed by atoms with Gasteiger partial charge in [-0.05, 0) is 18.2 Å². The Balaban J connectivity index is 3.07. The molecule has 108 valence electrons. The van der Waals surface area contributed by atoms with Crippen molar-refractivity contribution < 1.29 is 24.5 Å². The fourth-order valence-electron chi connectivity index (χ4n) is 1.54. The van der Waals surface area contributed by atoms with E-state index in [0.29, 0.717) is 6.42 Å². The zero-order valence-electron chi connectivity index (χ0n) is 11.2. The lowest BCUT2D eigenvalue weighted by molar-refractivity contribution is -0.112. The first-order valence-corrected chi connectivity index (χ1v) is 6.23. The number of ether oxygens (including phenoxy) is 1. The van der Waals surface area contributed by atoms with Gasteiger partial charge < -0.3 is 14.9 Å². The zero-order chi connectivity index (χ0) is 15.1. The number of rotatable bonds is 8. The zero-order valence-corrected chi connectivity index (χ0v) is 11.2. The van der Waals surface area contributed by atoms with Crippen LogP contribution in [0.3, 0.4) is 0 Å². The van der Waals surface area contributed by atoms with Gasteiger partial charge in [0.2, 0.25) is 0 Å². The molecule has 0 bridgehead atoms. The summed E-state index contributed by atoms with van der Waals surface area (Å²) in [4.78, 5) is 22.6. The Hall–Kier alpha value is -2.21. The highest BCUT2D eigenvalue weighted by Crippen LogP contribution is 2.19. The highest BCUT2D eigenvalue weighted by molar-refractivity contribution is 6.45. The maximum Gasteiger partial charge on any atom is 0.335 e. The minimum Gasteiger partial charge on any atom is -0.493 e. The van der Waals surface area contributed by atoms with E-state index in [4.69, 9.17) is 20.4 Å². The summed E-state index contributed by atoms with van der Waals surface area (Å²) < 4.78 is 5.31. The van der Waals surface area contributed by atoms with E-state index in [1.54, 1.807) is 6.92 Å². The third-order valence-corrected chi connectivity index (χ3v) is 2.61. The third-order valence-electron chi connectivity index (χ3n) is 2.61. The molecule has 6 nitrogen and oxygen atoms in total. The molecule has 1 aromatic rings. The Morgan fingerprint density at radius 3 is 2.45 bits per heavy atom. The van der Waals surface area contributed by atoms with Crippen molar-refractivity contribution in [1.29, 1.82) is 5.41 Å². The molecule has 0 atom stereocenters. The molecule has 1 rings (SSSR count). The van der Waals surface area contributed by atoms with Crippen LogP contribution in [0, 0.1) is 5.41 Å². The Morgan fingerprint density at radius 1 is 1.25 bits per heavy atom. The van der Waals surface area contributed by atoms with Gasteiger partial charge in [0.1, 0.15) is 11.5 Å². The van der Waals surface area contributed by atoms with Gasteiger partial charge in [0.25, 0.3) is 0 Å². The van der Waals surface area contributed by atoms with E-state index in [-0.39, 0.29) is 48.0 Å². The standard InChI is InChI=1S/C14H17NO5/c1-2-12(17)13(15)9-6-10(14(18)19)8-11(7-9)20-5-3-4-16/h6-8,15-16H,2-5H2,1H3,(H,18,19). The van der Waals surface area contributed by atoms with Gasteiger partial charge in [0, 0.05) is 25.0 Å². The second-order valence-corrected chi connectivity index (χ2v) is 4.13. The highest BCUT2D eigenvalue weighted by atomic mass is 16.5. The van der Waals surface area contributed by atoms with Crippen molar-refractivity contribution >= 4 is 17.5 Å². The van der Waals surface area contributed by atoms with Crippen molar-refractivity contribution in [2.24, 2.45) is 0 Å². The molecule has 0 fully saturated rings. The van der Waals surface area contributed by atoms with Crippen molar-refractivity contribution in [2.45, 2.75) is 19.8 Å². The summed E-state index contributed by atoms with van der Waals surface area (Å²) in [5, 5.41) is 25.5. The van der Waals surface area contributed by atoms with Crippen LogP contribution < -0.4 is 4.74 Å². The number of ketones is 1. The van der Waals surface area contributed by atoms with Crippen LogP contribution in [0.25, 0.3) is 0 Å². The van der Waals surface area contributed by atoms with Crippen molar-refractivity contribution in [3.05, 3.63) is 29.3 Å². The first-order chi connectivity index (χ1) is 9.49. The average molecular weight is 279 g/mol. The normalized spacial score (nSPS) is 10.1. The lowest BCUT2D eigenvalue weighted by Crippen LogP contribution is -2.14. The summed E-state index contributed by atoms with van der Waals surface area (Å²) in [7, 11) is 0. The van der Waals surface area contributed by atoms with E-state index in [0.717, 1.165) is 0 Å². The summed E-state index contributed by atoms with van der Waals surface area (Å²) in [5.41, 5.74) is -0.0616. The van der Waals surface area contributed by atoms with Gasteiger partial charge in [-0.25, -0.2) is 4.79 Å². The van der Waals surface area contributed by atoms with Gasteiger partial charge in [-0.1, -0.05) is 6.92 Å². The summed E-state index contributed by atoms with van der Waals surface area (Å²) in [6.45, 7) is 1.83. The number of carbonyl (C=O) groups is 2. The number of aliphatic hydroxyl groups excluding tert-OH is 1. The minimum absolute atomic E-state index is 0.0321. The molecule has 0 saturated carbocycles. The number of benzene rings is 1. The van der Waals surface area contributed by atoms with Crippen LogP contribution in [0.1, 0.15) is 35.7 Å². The predicted octanol–water partition coefficient (Wildman–Crippen LogP) is 1.49.